The van der Waals surface area contributed by atoms with Gasteiger partial charge < -0.3 is 84.0 Å². The molecule has 27 heteroatoms. The van der Waals surface area contributed by atoms with Gasteiger partial charge in [0.2, 0.25) is 47.3 Å². The summed E-state index contributed by atoms with van der Waals surface area (Å²) in [6, 6.07) is -0.0296. The fourth-order valence-corrected chi connectivity index (χ4v) is 6.53. The van der Waals surface area contributed by atoms with E-state index in [4.69, 9.17) is 10.8 Å². The summed E-state index contributed by atoms with van der Waals surface area (Å²) in [7, 11) is 0. The second kappa shape index (κ2) is 30.1. The zero-order chi connectivity index (χ0) is 54.2. The number of amides is 8. The molecule has 0 bridgehead atoms. The van der Waals surface area contributed by atoms with Crippen molar-refractivity contribution in [2.75, 3.05) is 19.8 Å². The van der Waals surface area contributed by atoms with E-state index in [0.717, 1.165) is 6.92 Å². The Bertz CT molecular complexity index is 2210. The molecular formula is C45H63N9O18. The Balaban J connectivity index is 2.34. The highest BCUT2D eigenvalue weighted by Crippen LogP contribution is 2.14. The van der Waals surface area contributed by atoms with Crippen LogP contribution in [-0.4, -0.2) is 175 Å². The molecule has 0 unspecified atom stereocenters. The number of phenolic OH excluding ortho intramolecular Hbond substituents is 1. The molecule has 17 N–H and O–H groups in total. The van der Waals surface area contributed by atoms with Gasteiger partial charge in [0.05, 0.1) is 38.3 Å². The molecule has 10 atom stereocenters. The minimum atomic E-state index is -2.00. The number of nitrogens with one attached hydrogen (secondary N) is 8. The highest BCUT2D eigenvalue weighted by atomic mass is 16.4. The normalized spacial score (nSPS) is 15.1. The van der Waals surface area contributed by atoms with Crippen molar-refractivity contribution >= 4 is 65.2 Å². The van der Waals surface area contributed by atoms with Gasteiger partial charge >= 0.3 is 17.9 Å². The van der Waals surface area contributed by atoms with E-state index in [0.29, 0.717) is 11.1 Å². The molecule has 0 heterocycles. The summed E-state index contributed by atoms with van der Waals surface area (Å²) < 4.78 is 0. The molecule has 8 amide bonds. The SMILES string of the molecule is CC[C@H](C)[C@H](NC(=O)[C@H](Cc1ccccc1)NC(=O)[C@@H](NC(=O)CNC(=O)[C@@H](N)CCC(=O)O)[C@@H](C)O)C(=O)N[C@@H](CO)C(=O)N[C@@H](CC(=O)O)C(=O)N[C@@H](Cc1ccc(O)cc1)C(=O)N[C@@H](CO)C(=O)O. The van der Waals surface area contributed by atoms with Crippen molar-refractivity contribution in [3.05, 3.63) is 65.7 Å². The van der Waals surface area contributed by atoms with E-state index in [9.17, 15) is 83.4 Å². The standard InChI is InChI=1S/C45H63N9O18/c1-4-22(2)36(54-41(67)29(16-24-8-6-5-7-9-24)50-44(70)37(23(3)57)53-33(59)19-47-38(64)27(46)14-15-34(60)61)43(69)51-31(20-55)42(68)49-30(18-35(62)63)40(66)48-28(17-25-10-12-26(58)13-11-25)39(65)52-32(21-56)45(71)72/h5-13,22-23,27-32,36-37,55-58H,4,14-21,46H2,1-3H3,(H,47,64)(H,48,66)(H,49,68)(H,50,70)(H,51,69)(H,52,65)(H,53,59)(H,54,67)(H,60,61)(H,62,63)(H,71,72)/t22-,23+,27-,28-,29-,30-,31-,32-,36-,37-/m0/s1. The van der Waals surface area contributed by atoms with Gasteiger partial charge in [-0.2, -0.15) is 0 Å². The average molecular weight is 1020 g/mol. The van der Waals surface area contributed by atoms with Crippen LogP contribution in [0.5, 0.6) is 5.75 Å². The maximum Gasteiger partial charge on any atom is 0.328 e. The topological polar surface area (TPSA) is 452 Å². The number of nitrogens with two attached hydrogens (primary N) is 1. The average Bonchev–Trinajstić information content (AvgIpc) is 3.33. The van der Waals surface area contributed by atoms with Crippen molar-refractivity contribution in [3.63, 3.8) is 0 Å². The van der Waals surface area contributed by atoms with E-state index in [-0.39, 0.29) is 31.4 Å². The first kappa shape index (κ1) is 60.4. The molecule has 0 aromatic heterocycles. The molecule has 0 saturated heterocycles. The number of aliphatic hydroxyl groups is 3. The van der Waals surface area contributed by atoms with Crippen LogP contribution >= 0.6 is 0 Å². The molecule has 0 aliphatic carbocycles. The van der Waals surface area contributed by atoms with Crippen LogP contribution in [0.15, 0.2) is 54.6 Å². The van der Waals surface area contributed by atoms with Crippen molar-refractivity contribution in [2.45, 2.75) is 114 Å². The van der Waals surface area contributed by atoms with Crippen LogP contribution in [0.4, 0.5) is 0 Å². The van der Waals surface area contributed by atoms with Gasteiger partial charge in [0.25, 0.3) is 0 Å². The first-order valence-electron chi connectivity index (χ1n) is 22.4. The van der Waals surface area contributed by atoms with E-state index >= 15 is 0 Å². The summed E-state index contributed by atoms with van der Waals surface area (Å²) in [6.07, 6.45) is -3.73. The van der Waals surface area contributed by atoms with Crippen molar-refractivity contribution in [2.24, 2.45) is 11.7 Å². The Kier molecular flexibility index (Phi) is 25.2. The third-order valence-electron chi connectivity index (χ3n) is 10.9. The number of aliphatic hydroxyl groups excluding tert-OH is 3. The Morgan fingerprint density at radius 2 is 1.03 bits per heavy atom. The minimum Gasteiger partial charge on any atom is -0.508 e. The summed E-state index contributed by atoms with van der Waals surface area (Å²) in [5.41, 5.74) is 6.47. The van der Waals surface area contributed by atoms with Crippen LogP contribution in [0.1, 0.15) is 57.6 Å². The summed E-state index contributed by atoms with van der Waals surface area (Å²) in [6.45, 7) is 1.40. The molecule has 0 aliphatic heterocycles. The molecule has 0 aliphatic rings. The van der Waals surface area contributed by atoms with Crippen LogP contribution in [-0.2, 0) is 65.6 Å². The molecule has 0 saturated carbocycles. The summed E-state index contributed by atoms with van der Waals surface area (Å²) in [4.78, 5) is 141. The van der Waals surface area contributed by atoms with Crippen LogP contribution in [0, 0.1) is 5.92 Å². The van der Waals surface area contributed by atoms with Crippen LogP contribution in [0.3, 0.4) is 0 Å². The summed E-state index contributed by atoms with van der Waals surface area (Å²) in [5.74, 6) is -14.1. The number of phenols is 1. The number of benzene rings is 2. The zero-order valence-electron chi connectivity index (χ0n) is 39.5. The highest BCUT2D eigenvalue weighted by Gasteiger charge is 2.36. The second-order valence-electron chi connectivity index (χ2n) is 16.6. The van der Waals surface area contributed by atoms with Crippen molar-refractivity contribution < 1.29 is 88.5 Å². The number of rotatable bonds is 31. The number of carbonyl (C=O) groups excluding carboxylic acids is 8. The molecule has 72 heavy (non-hydrogen) atoms. The lowest BCUT2D eigenvalue weighted by molar-refractivity contribution is -0.144. The van der Waals surface area contributed by atoms with Gasteiger partial charge in [0.1, 0.15) is 48.0 Å². The van der Waals surface area contributed by atoms with Gasteiger partial charge in [-0.05, 0) is 42.5 Å². The smallest absolute Gasteiger partial charge is 0.328 e. The van der Waals surface area contributed by atoms with E-state index in [1.165, 1.54) is 31.2 Å². The minimum absolute atomic E-state index is 0.159. The molecule has 396 valence electrons. The van der Waals surface area contributed by atoms with Crippen molar-refractivity contribution in [3.8, 4) is 5.75 Å². The lowest BCUT2D eigenvalue weighted by atomic mass is 9.96. The first-order chi connectivity index (χ1) is 33.9. The molecule has 2 aromatic rings. The molecule has 0 fully saturated rings. The second-order valence-corrected chi connectivity index (χ2v) is 16.6. The van der Waals surface area contributed by atoms with Crippen LogP contribution in [0.25, 0.3) is 0 Å². The number of carboxylic acids is 3. The third kappa shape index (κ3) is 20.7. The predicted molar refractivity (Wildman–Crippen MR) is 249 cm³/mol. The maximum atomic E-state index is 14.1. The largest absolute Gasteiger partial charge is 0.508 e. The van der Waals surface area contributed by atoms with Crippen LogP contribution in [0.2, 0.25) is 0 Å². The van der Waals surface area contributed by atoms with E-state index in [2.05, 4.69) is 37.2 Å². The molecule has 0 spiro atoms. The van der Waals surface area contributed by atoms with Gasteiger partial charge in [-0.3, -0.25) is 47.9 Å². The monoisotopic (exact) mass is 1020 g/mol. The molecule has 2 rings (SSSR count). The third-order valence-corrected chi connectivity index (χ3v) is 10.9. The number of hydrogen-bond donors (Lipinski definition) is 16. The predicted octanol–water partition coefficient (Wildman–Crippen LogP) is -5.15. The van der Waals surface area contributed by atoms with E-state index in [1.54, 1.807) is 37.3 Å². The summed E-state index contributed by atoms with van der Waals surface area (Å²) >= 11 is 0. The maximum absolute atomic E-state index is 14.1. The van der Waals surface area contributed by atoms with E-state index < -0.39 is 158 Å². The van der Waals surface area contributed by atoms with Gasteiger partial charge in [-0.25, -0.2) is 4.79 Å². The fourth-order valence-electron chi connectivity index (χ4n) is 6.53. The van der Waals surface area contributed by atoms with Gasteiger partial charge in [-0.1, -0.05) is 62.7 Å². The number of aliphatic carboxylic acids is 3. The Hall–Kier alpha value is -7.75. The number of carboxylic acid groups (broad SMARTS) is 3. The van der Waals surface area contributed by atoms with Gasteiger partial charge in [0, 0.05) is 19.3 Å². The van der Waals surface area contributed by atoms with Gasteiger partial charge in [0.15, 0.2) is 0 Å². The number of aromatic hydroxyl groups is 1. The zero-order valence-corrected chi connectivity index (χ0v) is 39.5. The Morgan fingerprint density at radius 3 is 1.54 bits per heavy atom. The number of hydrogen-bond acceptors (Lipinski definition) is 16. The van der Waals surface area contributed by atoms with Crippen molar-refractivity contribution in [1.29, 1.82) is 0 Å². The van der Waals surface area contributed by atoms with Crippen LogP contribution < -0.4 is 48.3 Å². The summed E-state index contributed by atoms with van der Waals surface area (Å²) in [5, 5.41) is 85.8. The quantitative estimate of drug-likeness (QED) is 0.0336. The number of carbonyl (C=O) groups is 11. The molecular weight excluding hydrogens is 955 g/mol. The molecule has 27 nitrogen and oxygen atoms in total. The molecule has 2 aromatic carbocycles. The van der Waals surface area contributed by atoms with Gasteiger partial charge in [-0.15, -0.1) is 0 Å². The Morgan fingerprint density at radius 1 is 0.556 bits per heavy atom. The highest BCUT2D eigenvalue weighted by molar-refractivity contribution is 5.99. The molecule has 0 radical (unpaired) electrons. The Labute approximate surface area is 412 Å². The lowest BCUT2D eigenvalue weighted by Gasteiger charge is -2.29. The lowest BCUT2D eigenvalue weighted by Crippen LogP contribution is -2.62. The van der Waals surface area contributed by atoms with Crippen molar-refractivity contribution in [1.82, 2.24) is 42.5 Å². The van der Waals surface area contributed by atoms with E-state index in [1.807, 2.05) is 5.32 Å². The fraction of sp³-hybridized carbons (Fsp3) is 0.489. The first-order valence-corrected chi connectivity index (χ1v) is 22.4.